The van der Waals surface area contributed by atoms with Gasteiger partial charge >= 0.3 is 0 Å². The molecule has 4 rings (SSSR count). The predicted octanol–water partition coefficient (Wildman–Crippen LogP) is 0.880. The summed E-state index contributed by atoms with van der Waals surface area (Å²) in [6.07, 6.45) is -1.69. The molecule has 1 saturated heterocycles. The third-order valence-electron chi connectivity index (χ3n) is 9.61. The van der Waals surface area contributed by atoms with E-state index in [0.29, 0.717) is 6.42 Å². The molecule has 1 aliphatic heterocycles. The van der Waals surface area contributed by atoms with Crippen LogP contribution in [-0.2, 0) is 9.47 Å². The van der Waals surface area contributed by atoms with Gasteiger partial charge in [0.05, 0.1) is 25.4 Å². The number of ether oxygens (including phenoxy) is 2. The zero-order valence-electron chi connectivity index (χ0n) is 20.5. The minimum Gasteiger partial charge on any atom is -0.394 e. The maximum Gasteiger partial charge on any atom is 0.187 e. The van der Waals surface area contributed by atoms with Gasteiger partial charge in [0.2, 0.25) is 0 Å². The first kappa shape index (κ1) is 26.2. The second-order valence-electron chi connectivity index (χ2n) is 11.7. The summed E-state index contributed by atoms with van der Waals surface area (Å²) in [7, 11) is 0. The van der Waals surface area contributed by atoms with Crippen LogP contribution in [0.4, 0.5) is 0 Å². The lowest BCUT2D eigenvalue weighted by molar-refractivity contribution is -0.299. The van der Waals surface area contributed by atoms with Gasteiger partial charge in [-0.2, -0.15) is 0 Å². The summed E-state index contributed by atoms with van der Waals surface area (Å²) in [6.45, 7) is 10.2. The molecule has 8 heteroatoms. The molecule has 0 radical (unpaired) electrons. The summed E-state index contributed by atoms with van der Waals surface area (Å²) in [5.41, 5.74) is 1.30. The molecule has 0 aromatic rings. The smallest absolute Gasteiger partial charge is 0.187 e. The molecule has 1 heterocycles. The Bertz CT molecular complexity index is 798. The van der Waals surface area contributed by atoms with Gasteiger partial charge in [-0.05, 0) is 67.8 Å². The largest absolute Gasteiger partial charge is 0.394 e. The van der Waals surface area contributed by atoms with Crippen LogP contribution in [0.3, 0.4) is 0 Å². The molecule has 0 aromatic carbocycles. The van der Waals surface area contributed by atoms with E-state index in [4.69, 9.17) is 9.47 Å². The number of rotatable bonds is 5. The first-order valence-corrected chi connectivity index (χ1v) is 12.6. The van der Waals surface area contributed by atoms with Crippen LogP contribution in [-0.4, -0.2) is 86.8 Å². The fourth-order valence-electron chi connectivity index (χ4n) is 7.40. The Morgan fingerprint density at radius 3 is 2.50 bits per heavy atom. The zero-order valence-corrected chi connectivity index (χ0v) is 20.5. The van der Waals surface area contributed by atoms with Crippen LogP contribution in [0.2, 0.25) is 0 Å². The number of aliphatic hydroxyl groups excluding tert-OH is 6. The van der Waals surface area contributed by atoms with Crippen molar-refractivity contribution in [3.63, 3.8) is 0 Å². The lowest BCUT2D eigenvalue weighted by Gasteiger charge is -2.57. The van der Waals surface area contributed by atoms with Gasteiger partial charge in [0.1, 0.15) is 24.4 Å². The molecule has 8 nitrogen and oxygen atoms in total. The molecule has 34 heavy (non-hydrogen) atoms. The second kappa shape index (κ2) is 9.56. The normalized spacial score (nSPS) is 51.3. The van der Waals surface area contributed by atoms with Crippen molar-refractivity contribution in [2.24, 2.45) is 28.6 Å². The van der Waals surface area contributed by atoms with E-state index in [0.717, 1.165) is 36.8 Å². The number of fused-ring (bicyclic) bond motifs is 3. The van der Waals surface area contributed by atoms with Gasteiger partial charge in [0, 0.05) is 5.41 Å². The van der Waals surface area contributed by atoms with Crippen LogP contribution in [0, 0.1) is 28.6 Å². The standard InChI is InChI=1S/C26H42O8/c1-13-5-6-16-20-15(7-8-25(20,3)10-19(29)26(16,4)18(28)9-13)14(2)12-33-24-23(32)22(31)21(30)17(11-27)34-24/h9,15-24,27-32H,2,5-8,10-12H2,1,3-4H3/t15-,16-,17+,18-,19+,20-,21+,22-,23+,24+,25-,26-/m0/s1. The van der Waals surface area contributed by atoms with Crippen molar-refractivity contribution in [3.8, 4) is 0 Å². The zero-order chi connectivity index (χ0) is 25.0. The Hall–Kier alpha value is -0.840. The minimum absolute atomic E-state index is 0.0711. The van der Waals surface area contributed by atoms with E-state index in [1.807, 2.05) is 19.9 Å². The monoisotopic (exact) mass is 482 g/mol. The van der Waals surface area contributed by atoms with Crippen LogP contribution < -0.4 is 0 Å². The first-order chi connectivity index (χ1) is 15.9. The third kappa shape index (κ3) is 4.20. The number of hydrogen-bond acceptors (Lipinski definition) is 8. The molecule has 3 aliphatic carbocycles. The second-order valence-corrected chi connectivity index (χ2v) is 11.7. The van der Waals surface area contributed by atoms with Crippen molar-refractivity contribution in [2.75, 3.05) is 13.2 Å². The Labute approximate surface area is 201 Å². The van der Waals surface area contributed by atoms with E-state index in [9.17, 15) is 30.6 Å². The van der Waals surface area contributed by atoms with Crippen molar-refractivity contribution in [3.05, 3.63) is 23.8 Å². The van der Waals surface area contributed by atoms with Gasteiger partial charge < -0.3 is 40.1 Å². The van der Waals surface area contributed by atoms with Crippen LogP contribution in [0.25, 0.3) is 0 Å². The Morgan fingerprint density at radius 2 is 1.82 bits per heavy atom. The Morgan fingerprint density at radius 1 is 1.12 bits per heavy atom. The summed E-state index contributed by atoms with van der Waals surface area (Å²) in [5, 5.41) is 62.1. The molecular weight excluding hydrogens is 440 g/mol. The van der Waals surface area contributed by atoms with Gasteiger partial charge in [0.25, 0.3) is 0 Å². The van der Waals surface area contributed by atoms with Crippen molar-refractivity contribution >= 4 is 0 Å². The van der Waals surface area contributed by atoms with Crippen LogP contribution >= 0.6 is 0 Å². The third-order valence-corrected chi connectivity index (χ3v) is 9.61. The molecule has 12 atom stereocenters. The number of aliphatic hydroxyl groups is 6. The molecule has 0 amide bonds. The summed E-state index contributed by atoms with van der Waals surface area (Å²) >= 11 is 0. The van der Waals surface area contributed by atoms with Gasteiger partial charge in [-0.3, -0.25) is 0 Å². The molecule has 2 saturated carbocycles. The van der Waals surface area contributed by atoms with E-state index in [1.165, 1.54) is 0 Å². The topological polar surface area (TPSA) is 140 Å². The van der Waals surface area contributed by atoms with Crippen molar-refractivity contribution in [1.82, 2.24) is 0 Å². The van der Waals surface area contributed by atoms with Crippen molar-refractivity contribution in [1.29, 1.82) is 0 Å². The summed E-state index contributed by atoms with van der Waals surface area (Å²) in [6, 6.07) is 0. The maximum atomic E-state index is 11.2. The molecular formula is C26H42O8. The van der Waals surface area contributed by atoms with E-state index < -0.39 is 54.9 Å². The lowest BCUT2D eigenvalue weighted by Crippen LogP contribution is -2.59. The predicted molar refractivity (Wildman–Crippen MR) is 124 cm³/mol. The van der Waals surface area contributed by atoms with Crippen LogP contribution in [0.1, 0.15) is 52.9 Å². The van der Waals surface area contributed by atoms with E-state index >= 15 is 0 Å². The average Bonchev–Trinajstić information content (AvgIpc) is 3.07. The van der Waals surface area contributed by atoms with Crippen LogP contribution in [0.5, 0.6) is 0 Å². The van der Waals surface area contributed by atoms with Gasteiger partial charge in [-0.15, -0.1) is 0 Å². The van der Waals surface area contributed by atoms with Gasteiger partial charge in [0.15, 0.2) is 6.29 Å². The highest BCUT2D eigenvalue weighted by Crippen LogP contribution is 2.65. The highest BCUT2D eigenvalue weighted by Gasteiger charge is 2.62. The molecule has 6 N–H and O–H groups in total. The van der Waals surface area contributed by atoms with Gasteiger partial charge in [-0.1, -0.05) is 32.1 Å². The molecule has 3 fully saturated rings. The van der Waals surface area contributed by atoms with Gasteiger partial charge in [-0.25, -0.2) is 0 Å². The quantitative estimate of drug-likeness (QED) is 0.318. The molecule has 0 bridgehead atoms. The molecule has 0 aromatic heterocycles. The minimum atomic E-state index is -1.48. The van der Waals surface area contributed by atoms with E-state index in [1.54, 1.807) is 0 Å². The molecule has 4 aliphatic rings. The molecule has 0 spiro atoms. The maximum absolute atomic E-state index is 11.2. The average molecular weight is 483 g/mol. The van der Waals surface area contributed by atoms with Crippen LogP contribution in [0.15, 0.2) is 23.8 Å². The summed E-state index contributed by atoms with van der Waals surface area (Å²) in [5.74, 6) is 0.458. The summed E-state index contributed by atoms with van der Waals surface area (Å²) < 4.78 is 11.3. The Kier molecular flexibility index (Phi) is 7.37. The number of hydrogen-bond donors (Lipinski definition) is 6. The van der Waals surface area contributed by atoms with E-state index in [2.05, 4.69) is 13.5 Å². The number of allylic oxidation sites excluding steroid dienone is 1. The first-order valence-electron chi connectivity index (χ1n) is 12.6. The lowest BCUT2D eigenvalue weighted by atomic mass is 9.49. The molecule has 194 valence electrons. The molecule has 0 unspecified atom stereocenters. The highest BCUT2D eigenvalue weighted by molar-refractivity contribution is 5.21. The SMILES string of the molecule is C=C(CO[C@@H]1O[C@H](CO)[C@@H](O)[C@H](O)[C@H]1O)[C@@H]1CC[C@@]2(C)C[C@@H](O)[C@]3(C)[C@@H](O)C=C(C)CC[C@H]3[C@H]12. The van der Waals surface area contributed by atoms with E-state index in [-0.39, 0.29) is 29.8 Å². The van der Waals surface area contributed by atoms with Crippen molar-refractivity contribution in [2.45, 2.75) is 95.8 Å². The van der Waals surface area contributed by atoms with Crippen molar-refractivity contribution < 1.29 is 40.1 Å². The highest BCUT2D eigenvalue weighted by atomic mass is 16.7. The fourth-order valence-corrected chi connectivity index (χ4v) is 7.40. The fraction of sp³-hybridized carbons (Fsp3) is 0.846. The summed E-state index contributed by atoms with van der Waals surface area (Å²) in [4.78, 5) is 0. The Balaban J connectivity index is 1.51.